The summed E-state index contributed by atoms with van der Waals surface area (Å²) in [5, 5.41) is 5.43. The van der Waals surface area contributed by atoms with E-state index in [1.54, 1.807) is 31.3 Å². The third-order valence-electron chi connectivity index (χ3n) is 4.16. The van der Waals surface area contributed by atoms with Crippen LogP contribution in [0.4, 0.5) is 5.69 Å². The van der Waals surface area contributed by atoms with Crippen molar-refractivity contribution in [3.8, 4) is 0 Å². The van der Waals surface area contributed by atoms with E-state index in [1.165, 1.54) is 0 Å². The van der Waals surface area contributed by atoms with Gasteiger partial charge in [-0.2, -0.15) is 0 Å². The van der Waals surface area contributed by atoms with E-state index >= 15 is 0 Å². The second kappa shape index (κ2) is 5.63. The molecule has 4 N–H and O–H groups in total. The van der Waals surface area contributed by atoms with Gasteiger partial charge >= 0.3 is 0 Å². The minimum atomic E-state index is -0.525. The van der Waals surface area contributed by atoms with Crippen LogP contribution in [0.1, 0.15) is 36.5 Å². The molecule has 1 aliphatic rings. The topological polar surface area (TPSA) is 84.2 Å². The van der Waals surface area contributed by atoms with Crippen LogP contribution in [0.5, 0.6) is 0 Å². The number of nitrogens with one attached hydrogen (secondary N) is 2. The van der Waals surface area contributed by atoms with Gasteiger partial charge in [0.15, 0.2) is 0 Å². The average molecular weight is 275 g/mol. The van der Waals surface area contributed by atoms with Crippen LogP contribution in [-0.2, 0) is 4.79 Å². The molecule has 20 heavy (non-hydrogen) atoms. The largest absolute Gasteiger partial charge is 0.355 e. The van der Waals surface area contributed by atoms with E-state index in [9.17, 15) is 9.59 Å². The Morgan fingerprint density at radius 1 is 1.40 bits per heavy atom. The fourth-order valence-electron chi connectivity index (χ4n) is 2.63. The smallest absolute Gasteiger partial charge is 0.251 e. The van der Waals surface area contributed by atoms with Gasteiger partial charge in [-0.05, 0) is 38.0 Å². The van der Waals surface area contributed by atoms with E-state index in [-0.39, 0.29) is 17.9 Å². The van der Waals surface area contributed by atoms with Gasteiger partial charge in [-0.3, -0.25) is 9.59 Å². The van der Waals surface area contributed by atoms with Crippen molar-refractivity contribution in [3.05, 3.63) is 29.8 Å². The third-order valence-corrected chi connectivity index (χ3v) is 4.16. The molecule has 0 spiro atoms. The van der Waals surface area contributed by atoms with E-state index in [0.29, 0.717) is 11.3 Å². The third kappa shape index (κ3) is 2.67. The number of amides is 2. The molecule has 0 aliphatic heterocycles. The van der Waals surface area contributed by atoms with Crippen LogP contribution in [-0.4, -0.2) is 24.9 Å². The van der Waals surface area contributed by atoms with E-state index in [2.05, 4.69) is 10.6 Å². The Morgan fingerprint density at radius 2 is 2.15 bits per heavy atom. The predicted molar refractivity (Wildman–Crippen MR) is 78.4 cm³/mol. The zero-order valence-corrected chi connectivity index (χ0v) is 11.9. The lowest BCUT2D eigenvalue weighted by Crippen LogP contribution is -2.44. The van der Waals surface area contributed by atoms with Gasteiger partial charge in [-0.1, -0.05) is 12.5 Å². The molecular weight excluding hydrogens is 254 g/mol. The van der Waals surface area contributed by atoms with Gasteiger partial charge in [0.05, 0.1) is 5.41 Å². The van der Waals surface area contributed by atoms with Crippen molar-refractivity contribution >= 4 is 17.5 Å². The van der Waals surface area contributed by atoms with E-state index in [4.69, 9.17) is 5.73 Å². The normalized spacial score (nSPS) is 25.2. The SMILES string of the molecule is CNC(=O)c1cccc(NC(=O)C2(C)CCCC2N)c1. The Hall–Kier alpha value is -1.88. The Kier molecular flexibility index (Phi) is 4.09. The second-order valence-electron chi connectivity index (χ2n) is 5.53. The first kappa shape index (κ1) is 14.5. The van der Waals surface area contributed by atoms with Gasteiger partial charge < -0.3 is 16.4 Å². The monoisotopic (exact) mass is 275 g/mol. The molecule has 1 aromatic rings. The van der Waals surface area contributed by atoms with Gasteiger partial charge in [0, 0.05) is 24.3 Å². The summed E-state index contributed by atoms with van der Waals surface area (Å²) in [6, 6.07) is 6.79. The van der Waals surface area contributed by atoms with Crippen LogP contribution < -0.4 is 16.4 Å². The number of nitrogens with two attached hydrogens (primary N) is 1. The second-order valence-corrected chi connectivity index (χ2v) is 5.53. The summed E-state index contributed by atoms with van der Waals surface area (Å²) in [4.78, 5) is 24.0. The highest BCUT2D eigenvalue weighted by atomic mass is 16.2. The molecule has 5 heteroatoms. The van der Waals surface area contributed by atoms with Crippen molar-refractivity contribution < 1.29 is 9.59 Å². The maximum absolute atomic E-state index is 12.4. The first-order valence-electron chi connectivity index (χ1n) is 6.86. The van der Waals surface area contributed by atoms with Crippen molar-refractivity contribution in [2.24, 2.45) is 11.1 Å². The lowest BCUT2D eigenvalue weighted by atomic mass is 9.84. The summed E-state index contributed by atoms with van der Waals surface area (Å²) in [6.07, 6.45) is 2.65. The molecule has 2 atom stereocenters. The molecule has 2 unspecified atom stereocenters. The van der Waals surface area contributed by atoms with Gasteiger partial charge in [-0.15, -0.1) is 0 Å². The first-order chi connectivity index (χ1) is 9.47. The van der Waals surface area contributed by atoms with Crippen LogP contribution in [0, 0.1) is 5.41 Å². The number of hydrogen-bond donors (Lipinski definition) is 3. The summed E-state index contributed by atoms with van der Waals surface area (Å²) in [7, 11) is 1.58. The molecule has 108 valence electrons. The minimum Gasteiger partial charge on any atom is -0.355 e. The van der Waals surface area contributed by atoms with E-state index < -0.39 is 5.41 Å². The average Bonchev–Trinajstić information content (AvgIpc) is 2.79. The zero-order valence-electron chi connectivity index (χ0n) is 11.9. The summed E-state index contributed by atoms with van der Waals surface area (Å²) in [5.41, 5.74) is 6.66. The molecule has 1 saturated carbocycles. The Bertz CT molecular complexity index is 530. The Balaban J connectivity index is 2.14. The first-order valence-corrected chi connectivity index (χ1v) is 6.86. The van der Waals surface area contributed by atoms with Crippen molar-refractivity contribution in [2.75, 3.05) is 12.4 Å². The summed E-state index contributed by atoms with van der Waals surface area (Å²) in [6.45, 7) is 1.91. The number of benzene rings is 1. The van der Waals surface area contributed by atoms with E-state index in [0.717, 1.165) is 19.3 Å². The number of hydrogen-bond acceptors (Lipinski definition) is 3. The quantitative estimate of drug-likeness (QED) is 0.781. The fraction of sp³-hybridized carbons (Fsp3) is 0.467. The lowest BCUT2D eigenvalue weighted by molar-refractivity contribution is -0.125. The highest BCUT2D eigenvalue weighted by Gasteiger charge is 2.42. The summed E-state index contributed by atoms with van der Waals surface area (Å²) < 4.78 is 0. The Morgan fingerprint density at radius 3 is 2.75 bits per heavy atom. The number of carbonyl (C=O) groups is 2. The number of carbonyl (C=O) groups excluding carboxylic acids is 2. The van der Waals surface area contributed by atoms with Crippen LogP contribution >= 0.6 is 0 Å². The molecule has 0 bridgehead atoms. The van der Waals surface area contributed by atoms with Crippen molar-refractivity contribution in [1.29, 1.82) is 0 Å². The number of rotatable bonds is 3. The molecule has 2 amide bonds. The van der Waals surface area contributed by atoms with Crippen molar-refractivity contribution in [3.63, 3.8) is 0 Å². The molecule has 0 aromatic heterocycles. The van der Waals surface area contributed by atoms with Crippen molar-refractivity contribution in [1.82, 2.24) is 5.32 Å². The van der Waals surface area contributed by atoms with Crippen LogP contribution in [0.15, 0.2) is 24.3 Å². The van der Waals surface area contributed by atoms with Gasteiger partial charge in [0.25, 0.3) is 5.91 Å². The van der Waals surface area contributed by atoms with Gasteiger partial charge in [-0.25, -0.2) is 0 Å². The fourth-order valence-corrected chi connectivity index (χ4v) is 2.63. The molecule has 0 saturated heterocycles. The predicted octanol–water partition coefficient (Wildman–Crippen LogP) is 1.50. The summed E-state index contributed by atoms with van der Waals surface area (Å²) in [5.74, 6) is -0.249. The zero-order chi connectivity index (χ0) is 14.8. The van der Waals surface area contributed by atoms with Crippen LogP contribution in [0.2, 0.25) is 0 Å². The molecule has 0 heterocycles. The van der Waals surface area contributed by atoms with Gasteiger partial charge in [0.2, 0.25) is 5.91 Å². The molecule has 1 aliphatic carbocycles. The van der Waals surface area contributed by atoms with Crippen LogP contribution in [0.25, 0.3) is 0 Å². The molecular formula is C15H21N3O2. The minimum absolute atomic E-state index is 0.0726. The molecule has 1 fully saturated rings. The maximum atomic E-state index is 12.4. The highest BCUT2D eigenvalue weighted by molar-refractivity contribution is 5.98. The van der Waals surface area contributed by atoms with Crippen molar-refractivity contribution in [2.45, 2.75) is 32.2 Å². The molecule has 5 nitrogen and oxygen atoms in total. The standard InChI is InChI=1S/C15H21N3O2/c1-15(8-4-7-12(15)16)14(20)18-11-6-3-5-10(9-11)13(19)17-2/h3,5-6,9,12H,4,7-8,16H2,1-2H3,(H,17,19)(H,18,20). The van der Waals surface area contributed by atoms with E-state index in [1.807, 2.05) is 6.92 Å². The Labute approximate surface area is 118 Å². The van der Waals surface area contributed by atoms with Crippen LogP contribution in [0.3, 0.4) is 0 Å². The molecule has 2 rings (SSSR count). The summed E-state index contributed by atoms with van der Waals surface area (Å²) >= 11 is 0. The highest BCUT2D eigenvalue weighted by Crippen LogP contribution is 2.37. The maximum Gasteiger partial charge on any atom is 0.251 e. The lowest BCUT2D eigenvalue weighted by Gasteiger charge is -2.27. The van der Waals surface area contributed by atoms with Gasteiger partial charge in [0.1, 0.15) is 0 Å². The molecule has 1 aromatic carbocycles. The number of anilines is 1. The molecule has 0 radical (unpaired) electrons.